The van der Waals surface area contributed by atoms with Crippen molar-refractivity contribution in [1.29, 1.82) is 0 Å². The Balaban J connectivity index is 1.37. The number of esters is 1. The minimum atomic E-state index is -0.371. The summed E-state index contributed by atoms with van der Waals surface area (Å²) >= 11 is 0. The number of nitrogens with zero attached hydrogens (tertiary/aromatic N) is 3. The lowest BCUT2D eigenvalue weighted by atomic mass is 9.81. The maximum atomic E-state index is 13.1. The molecule has 0 aliphatic rings. The lowest BCUT2D eigenvalue weighted by Gasteiger charge is -2.39. The fraction of sp³-hybridized carbons (Fsp3) is 0.512. The maximum Gasteiger partial charge on any atom is 0.331 e. The summed E-state index contributed by atoms with van der Waals surface area (Å²) in [4.78, 5) is 35.0. The first-order chi connectivity index (χ1) is 25.3. The molecule has 0 radical (unpaired) electrons. The van der Waals surface area contributed by atoms with E-state index in [1.54, 1.807) is 12.5 Å². The van der Waals surface area contributed by atoms with E-state index >= 15 is 0 Å². The van der Waals surface area contributed by atoms with Gasteiger partial charge in [0.25, 0.3) is 5.91 Å². The number of hydrogen-bond acceptors (Lipinski definition) is 10. The van der Waals surface area contributed by atoms with Crippen LogP contribution in [0.5, 0.6) is 5.75 Å². The largest absolute Gasteiger partial charge is 0.494 e. The van der Waals surface area contributed by atoms with Crippen molar-refractivity contribution in [3.63, 3.8) is 0 Å². The average Bonchev–Trinajstić information content (AvgIpc) is 3.18. The number of unbranched alkanes of at least 4 members (excludes halogenated alkanes) is 2. The highest BCUT2D eigenvalue weighted by atomic mass is 16.6. The third-order valence-corrected chi connectivity index (χ3v) is 9.30. The third-order valence-electron chi connectivity index (χ3n) is 9.30. The highest BCUT2D eigenvalue weighted by Gasteiger charge is 2.31. The Bertz CT molecular complexity index is 1470. The van der Waals surface area contributed by atoms with E-state index in [9.17, 15) is 9.59 Å². The molecule has 0 fully saturated rings. The van der Waals surface area contributed by atoms with Gasteiger partial charge < -0.3 is 34.5 Å². The third kappa shape index (κ3) is 14.6. The van der Waals surface area contributed by atoms with Crippen molar-refractivity contribution in [1.82, 2.24) is 20.2 Å². The normalized spacial score (nSPS) is 12.7. The van der Waals surface area contributed by atoms with Crippen molar-refractivity contribution in [2.45, 2.75) is 71.9 Å². The topological polar surface area (TPSA) is 124 Å². The Morgan fingerprint density at radius 3 is 2.38 bits per heavy atom. The molecule has 3 atom stereocenters. The van der Waals surface area contributed by atoms with Crippen molar-refractivity contribution in [2.24, 2.45) is 11.8 Å². The van der Waals surface area contributed by atoms with Gasteiger partial charge >= 0.3 is 5.97 Å². The van der Waals surface area contributed by atoms with Crippen LogP contribution in [0, 0.1) is 11.8 Å². The summed E-state index contributed by atoms with van der Waals surface area (Å²) in [6.07, 6.45) is 9.18. The van der Waals surface area contributed by atoms with Crippen molar-refractivity contribution >= 4 is 17.6 Å². The van der Waals surface area contributed by atoms with Gasteiger partial charge in [-0.3, -0.25) is 4.79 Å². The Hall–Kier alpha value is -4.48. The fourth-order valence-corrected chi connectivity index (χ4v) is 5.96. The minimum absolute atomic E-state index is 0.0212. The summed E-state index contributed by atoms with van der Waals surface area (Å²) < 4.78 is 21.2. The minimum Gasteiger partial charge on any atom is -0.494 e. The average molecular weight is 718 g/mol. The lowest BCUT2D eigenvalue weighted by Crippen LogP contribution is -2.35. The van der Waals surface area contributed by atoms with Gasteiger partial charge in [-0.15, -0.1) is 0 Å². The predicted molar refractivity (Wildman–Crippen MR) is 205 cm³/mol. The molecule has 1 aromatic heterocycles. The molecule has 0 aliphatic carbocycles. The molecule has 0 saturated heterocycles. The number of rotatable bonds is 26. The van der Waals surface area contributed by atoms with Crippen molar-refractivity contribution in [3.05, 3.63) is 96.2 Å². The van der Waals surface area contributed by atoms with Crippen molar-refractivity contribution < 1.29 is 28.5 Å². The first-order valence-electron chi connectivity index (χ1n) is 18.5. The van der Waals surface area contributed by atoms with Gasteiger partial charge in [-0.1, -0.05) is 58.4 Å². The Labute approximate surface area is 310 Å². The highest BCUT2D eigenvalue weighted by molar-refractivity contribution is 5.95. The van der Waals surface area contributed by atoms with Crippen LogP contribution < -0.4 is 15.4 Å². The molecular weight excluding hydrogens is 658 g/mol. The predicted octanol–water partition coefficient (Wildman–Crippen LogP) is 7.22. The molecule has 3 unspecified atom stereocenters. The molecule has 11 heteroatoms. The smallest absolute Gasteiger partial charge is 0.331 e. The van der Waals surface area contributed by atoms with Gasteiger partial charge in [0.1, 0.15) is 18.7 Å². The van der Waals surface area contributed by atoms with Gasteiger partial charge in [0.2, 0.25) is 0 Å². The number of nitrogens with one attached hydrogen (secondary N) is 2. The zero-order valence-corrected chi connectivity index (χ0v) is 31.8. The van der Waals surface area contributed by atoms with E-state index in [2.05, 4.69) is 64.6 Å². The van der Waals surface area contributed by atoms with Gasteiger partial charge in [0, 0.05) is 56.6 Å². The summed E-state index contributed by atoms with van der Waals surface area (Å²) in [5.41, 5.74) is 4.36. The molecular formula is C41H59N5O6. The fourth-order valence-electron chi connectivity index (χ4n) is 5.96. The van der Waals surface area contributed by atoms with Crippen LogP contribution in [-0.4, -0.2) is 80.5 Å². The molecule has 2 N–H and O–H groups in total. The Kier molecular flexibility index (Phi) is 19.3. The molecule has 0 bridgehead atoms. The Morgan fingerprint density at radius 2 is 1.67 bits per heavy atom. The van der Waals surface area contributed by atoms with Crippen LogP contribution in [0.3, 0.4) is 0 Å². The van der Waals surface area contributed by atoms with E-state index in [4.69, 9.17) is 14.2 Å². The second-order valence-electron chi connectivity index (χ2n) is 13.0. The monoisotopic (exact) mass is 717 g/mol. The van der Waals surface area contributed by atoms with Crippen LogP contribution in [0.4, 0.5) is 5.69 Å². The molecule has 2 aromatic carbocycles. The molecule has 3 aromatic rings. The van der Waals surface area contributed by atoms with E-state index < -0.39 is 0 Å². The van der Waals surface area contributed by atoms with Crippen molar-refractivity contribution in [3.8, 4) is 5.75 Å². The first-order valence-corrected chi connectivity index (χ1v) is 18.5. The molecule has 0 aliphatic heterocycles. The van der Waals surface area contributed by atoms with Gasteiger partial charge in [-0.2, -0.15) is 0 Å². The van der Waals surface area contributed by atoms with Crippen LogP contribution in [0.1, 0.15) is 87.0 Å². The van der Waals surface area contributed by atoms with E-state index in [1.165, 1.54) is 7.11 Å². The number of amides is 1. The van der Waals surface area contributed by atoms with E-state index in [0.717, 1.165) is 66.9 Å². The quantitative estimate of drug-likeness (QED) is 0.0650. The number of hydrogen-bond donors (Lipinski definition) is 2. The van der Waals surface area contributed by atoms with E-state index in [0.29, 0.717) is 56.9 Å². The number of likely N-dealkylation sites (N-methyl/N-ethyl adjacent to an activating group) is 1. The molecule has 1 amide bonds. The van der Waals surface area contributed by atoms with Crippen LogP contribution in [0.15, 0.2) is 79.4 Å². The van der Waals surface area contributed by atoms with E-state index in [1.807, 2.05) is 54.6 Å². The second-order valence-corrected chi connectivity index (χ2v) is 13.0. The highest BCUT2D eigenvalue weighted by Crippen LogP contribution is 2.37. The number of anilines is 1. The standard InChI is InChI=1S/C41H59N5O6/c1-7-31(3)37(8-2)40(38-20-21-42-30-45-38)46(5)32(4)27-43-35-15-12-14-34(26-35)41(48)44-28-33-16-18-36(19-17-33)52-25-11-9-10-22-50-23-13-24-51-29-39(47)49-6/h12,14-21,26,30-31,37,40,43H,4,7-11,13,22-25,27-29H2,1-3,5-6H3,(H,44,48). The number of carbonyl (C=O) groups excluding carboxylic acids is 2. The summed E-state index contributed by atoms with van der Waals surface area (Å²) in [6, 6.07) is 17.4. The first kappa shape index (κ1) is 41.9. The van der Waals surface area contributed by atoms with E-state index in [-0.39, 0.29) is 24.5 Å². The number of methoxy groups -OCH3 is 1. The number of carbonyl (C=O) groups is 2. The van der Waals surface area contributed by atoms with Crippen LogP contribution in [0.2, 0.25) is 0 Å². The number of aromatic nitrogens is 2. The molecule has 11 nitrogen and oxygen atoms in total. The van der Waals surface area contributed by atoms with Gasteiger partial charge in [-0.25, -0.2) is 14.8 Å². The molecule has 1 heterocycles. The van der Waals surface area contributed by atoms with Crippen LogP contribution in [0.25, 0.3) is 0 Å². The van der Waals surface area contributed by atoms with Crippen molar-refractivity contribution in [2.75, 3.05) is 59.1 Å². The number of ether oxygens (including phenoxy) is 4. The summed E-state index contributed by atoms with van der Waals surface area (Å²) in [5, 5.41) is 6.49. The summed E-state index contributed by atoms with van der Waals surface area (Å²) in [6.45, 7) is 14.5. The molecule has 0 saturated carbocycles. The number of benzene rings is 2. The van der Waals surface area contributed by atoms with Gasteiger partial charge in [0.15, 0.2) is 0 Å². The van der Waals surface area contributed by atoms with Gasteiger partial charge in [-0.05, 0) is 79.5 Å². The van der Waals surface area contributed by atoms with Crippen LogP contribution >= 0.6 is 0 Å². The maximum absolute atomic E-state index is 13.1. The van der Waals surface area contributed by atoms with Crippen LogP contribution in [-0.2, 0) is 25.5 Å². The SMILES string of the molecule is C=C(CNc1cccc(C(=O)NCc2ccc(OCCCCCOCCCOCC(=O)OC)cc2)c1)N(C)C(c1ccncn1)C(CC)C(C)CC. The second kappa shape index (κ2) is 23.9. The molecule has 3 rings (SSSR count). The zero-order valence-electron chi connectivity index (χ0n) is 31.8. The summed E-state index contributed by atoms with van der Waals surface area (Å²) in [7, 11) is 3.43. The summed E-state index contributed by atoms with van der Waals surface area (Å²) in [5.74, 6) is 1.22. The molecule has 52 heavy (non-hydrogen) atoms. The molecule has 0 spiro atoms. The lowest BCUT2D eigenvalue weighted by molar-refractivity contribution is -0.146. The molecule has 284 valence electrons. The zero-order chi connectivity index (χ0) is 37.6. The van der Waals surface area contributed by atoms with Gasteiger partial charge in [0.05, 0.1) is 32.0 Å². The Morgan fingerprint density at radius 1 is 0.923 bits per heavy atom.